The van der Waals surface area contributed by atoms with Gasteiger partial charge in [0, 0.05) is 19.0 Å². The maximum absolute atomic E-state index is 11.7. The number of hydrogen-bond acceptors (Lipinski definition) is 5. The molecule has 20 heavy (non-hydrogen) atoms. The first-order valence-electron chi connectivity index (χ1n) is 6.65. The molecule has 3 N–H and O–H groups in total. The fourth-order valence-electron chi connectivity index (χ4n) is 1.92. The summed E-state index contributed by atoms with van der Waals surface area (Å²) in [6, 6.07) is 1.62. The first-order valence-corrected chi connectivity index (χ1v) is 6.65. The molecule has 0 aliphatic carbocycles. The lowest BCUT2D eigenvalue weighted by Gasteiger charge is -2.28. The number of carboxylic acids is 1. The maximum atomic E-state index is 11.7. The van der Waals surface area contributed by atoms with E-state index in [1.807, 2.05) is 13.8 Å². The van der Waals surface area contributed by atoms with Gasteiger partial charge in [-0.15, -0.1) is 0 Å². The van der Waals surface area contributed by atoms with Crippen molar-refractivity contribution in [2.45, 2.75) is 45.6 Å². The van der Waals surface area contributed by atoms with Crippen LogP contribution in [-0.4, -0.2) is 34.2 Å². The van der Waals surface area contributed by atoms with E-state index in [0.717, 1.165) is 0 Å². The zero-order valence-electron chi connectivity index (χ0n) is 12.0. The molecule has 0 unspecified atom stereocenters. The van der Waals surface area contributed by atoms with Crippen LogP contribution < -0.4 is 10.6 Å². The molecule has 0 bridgehead atoms. The van der Waals surface area contributed by atoms with Gasteiger partial charge in [0.1, 0.15) is 11.3 Å². The van der Waals surface area contributed by atoms with Crippen molar-refractivity contribution >= 4 is 17.7 Å². The number of carbonyl (C=O) groups excluding carboxylic acids is 1. The Morgan fingerprint density at radius 1 is 1.40 bits per heavy atom. The van der Waals surface area contributed by atoms with Crippen molar-refractivity contribution in [1.82, 2.24) is 10.5 Å². The van der Waals surface area contributed by atoms with Gasteiger partial charge in [-0.25, -0.2) is 0 Å². The molecular formula is C13H21N3O4. The predicted octanol–water partition coefficient (Wildman–Crippen LogP) is 1.54. The van der Waals surface area contributed by atoms with Crippen molar-refractivity contribution in [3.05, 3.63) is 11.8 Å². The smallest absolute Gasteiger partial charge is 0.323 e. The molecule has 1 heterocycles. The molecular weight excluding hydrogens is 262 g/mol. The molecule has 0 aliphatic heterocycles. The molecule has 7 heteroatoms. The van der Waals surface area contributed by atoms with E-state index in [2.05, 4.69) is 15.8 Å². The summed E-state index contributed by atoms with van der Waals surface area (Å²) in [6.45, 7) is 5.64. The Bertz CT molecular complexity index is 466. The molecule has 0 aliphatic rings. The third-order valence-electron chi connectivity index (χ3n) is 3.33. The summed E-state index contributed by atoms with van der Waals surface area (Å²) in [6.07, 6.45) is 1.09. The molecule has 1 aromatic rings. The average molecular weight is 283 g/mol. The van der Waals surface area contributed by atoms with Crippen molar-refractivity contribution < 1.29 is 19.2 Å². The highest BCUT2D eigenvalue weighted by molar-refractivity contribution is 5.89. The quantitative estimate of drug-likeness (QED) is 0.668. The topological polar surface area (TPSA) is 104 Å². The van der Waals surface area contributed by atoms with E-state index >= 15 is 0 Å². The number of nitrogens with one attached hydrogen (secondary N) is 2. The lowest BCUT2D eigenvalue weighted by atomic mass is 9.93. The van der Waals surface area contributed by atoms with Gasteiger partial charge in [-0.1, -0.05) is 19.0 Å². The highest BCUT2D eigenvalue weighted by Gasteiger charge is 2.33. The number of nitrogens with zero attached hydrogens (tertiary/aromatic N) is 1. The van der Waals surface area contributed by atoms with Crippen LogP contribution in [0, 0.1) is 6.92 Å². The Balaban J connectivity index is 2.43. The number of hydrogen-bond donors (Lipinski definition) is 3. The van der Waals surface area contributed by atoms with Gasteiger partial charge in [-0.05, 0) is 19.8 Å². The number of rotatable bonds is 8. The molecule has 1 rings (SSSR count). The van der Waals surface area contributed by atoms with E-state index in [1.165, 1.54) is 0 Å². The average Bonchev–Trinajstić information content (AvgIpc) is 2.80. The van der Waals surface area contributed by atoms with Gasteiger partial charge in [0.05, 0.1) is 0 Å². The number of anilines is 1. The number of aryl methyl sites for hydroxylation is 1. The van der Waals surface area contributed by atoms with Crippen LogP contribution in [0.25, 0.3) is 0 Å². The number of carbonyl (C=O) groups is 2. The van der Waals surface area contributed by atoms with Gasteiger partial charge in [-0.2, -0.15) is 0 Å². The summed E-state index contributed by atoms with van der Waals surface area (Å²) in [5.74, 6) is -0.157. The first-order chi connectivity index (χ1) is 9.43. The second-order valence-electron chi connectivity index (χ2n) is 4.64. The molecule has 0 radical (unpaired) electrons. The SMILES string of the molecule is CCC(CC)(NCCC(=O)Nc1cc(C)on1)C(=O)O. The fourth-order valence-corrected chi connectivity index (χ4v) is 1.92. The summed E-state index contributed by atoms with van der Waals surface area (Å²) in [4.78, 5) is 22.9. The Hall–Kier alpha value is -1.89. The fraction of sp³-hybridized carbons (Fsp3) is 0.615. The minimum Gasteiger partial charge on any atom is -0.480 e. The summed E-state index contributed by atoms with van der Waals surface area (Å²) in [5, 5.41) is 18.4. The highest BCUT2D eigenvalue weighted by Crippen LogP contribution is 2.15. The van der Waals surface area contributed by atoms with E-state index in [9.17, 15) is 14.7 Å². The molecule has 0 saturated heterocycles. The Kier molecular flexibility index (Phi) is 5.69. The molecule has 0 aromatic carbocycles. The third-order valence-corrected chi connectivity index (χ3v) is 3.33. The number of aromatic nitrogens is 1. The number of carboxylic acid groups (broad SMARTS) is 1. The van der Waals surface area contributed by atoms with Crippen molar-refractivity contribution in [3.8, 4) is 0 Å². The van der Waals surface area contributed by atoms with Crippen LogP contribution in [0.2, 0.25) is 0 Å². The summed E-state index contributed by atoms with van der Waals surface area (Å²) in [5.41, 5.74) is -0.968. The molecule has 0 atom stereocenters. The molecule has 112 valence electrons. The summed E-state index contributed by atoms with van der Waals surface area (Å²) in [7, 11) is 0. The van der Waals surface area contributed by atoms with Crippen LogP contribution in [0.15, 0.2) is 10.6 Å². The van der Waals surface area contributed by atoms with E-state index < -0.39 is 11.5 Å². The van der Waals surface area contributed by atoms with Crippen LogP contribution in [0.3, 0.4) is 0 Å². The predicted molar refractivity (Wildman–Crippen MR) is 73.4 cm³/mol. The van der Waals surface area contributed by atoms with Gasteiger partial charge < -0.3 is 20.3 Å². The van der Waals surface area contributed by atoms with Crippen LogP contribution in [0.4, 0.5) is 5.82 Å². The zero-order valence-corrected chi connectivity index (χ0v) is 12.0. The molecule has 0 fully saturated rings. The van der Waals surface area contributed by atoms with Crippen molar-refractivity contribution in [1.29, 1.82) is 0 Å². The second kappa shape index (κ2) is 7.04. The van der Waals surface area contributed by atoms with E-state index in [4.69, 9.17) is 4.52 Å². The minimum atomic E-state index is -0.968. The van der Waals surface area contributed by atoms with Gasteiger partial charge in [0.2, 0.25) is 5.91 Å². The lowest BCUT2D eigenvalue weighted by molar-refractivity contribution is -0.145. The van der Waals surface area contributed by atoms with Gasteiger partial charge >= 0.3 is 5.97 Å². The van der Waals surface area contributed by atoms with E-state index in [-0.39, 0.29) is 18.9 Å². The van der Waals surface area contributed by atoms with Crippen LogP contribution in [-0.2, 0) is 9.59 Å². The highest BCUT2D eigenvalue weighted by atomic mass is 16.5. The molecule has 1 aromatic heterocycles. The molecule has 0 saturated carbocycles. The van der Waals surface area contributed by atoms with Crippen molar-refractivity contribution in [2.24, 2.45) is 0 Å². The van der Waals surface area contributed by atoms with Gasteiger partial charge in [0.25, 0.3) is 0 Å². The van der Waals surface area contributed by atoms with Crippen molar-refractivity contribution in [2.75, 3.05) is 11.9 Å². The molecule has 1 amide bonds. The monoisotopic (exact) mass is 283 g/mol. The van der Waals surface area contributed by atoms with E-state index in [1.54, 1.807) is 13.0 Å². The van der Waals surface area contributed by atoms with Crippen molar-refractivity contribution in [3.63, 3.8) is 0 Å². The van der Waals surface area contributed by atoms with Gasteiger partial charge in [-0.3, -0.25) is 9.59 Å². The largest absolute Gasteiger partial charge is 0.480 e. The van der Waals surface area contributed by atoms with Crippen LogP contribution in [0.1, 0.15) is 38.9 Å². The lowest BCUT2D eigenvalue weighted by Crippen LogP contribution is -2.51. The Labute approximate surface area is 117 Å². The number of amides is 1. The minimum absolute atomic E-state index is 0.168. The third kappa shape index (κ3) is 4.06. The maximum Gasteiger partial charge on any atom is 0.323 e. The van der Waals surface area contributed by atoms with Crippen LogP contribution in [0.5, 0.6) is 0 Å². The normalized spacial score (nSPS) is 11.3. The summed E-state index contributed by atoms with van der Waals surface area (Å²) >= 11 is 0. The first kappa shape index (κ1) is 16.2. The Morgan fingerprint density at radius 3 is 2.50 bits per heavy atom. The van der Waals surface area contributed by atoms with E-state index in [0.29, 0.717) is 24.4 Å². The second-order valence-corrected chi connectivity index (χ2v) is 4.64. The molecule has 7 nitrogen and oxygen atoms in total. The zero-order chi connectivity index (χ0) is 15.2. The Morgan fingerprint density at radius 2 is 2.05 bits per heavy atom. The van der Waals surface area contributed by atoms with Crippen LogP contribution >= 0.6 is 0 Å². The molecule has 0 spiro atoms. The standard InChI is InChI=1S/C13H21N3O4/c1-4-13(5-2,12(18)19)14-7-6-11(17)15-10-8-9(3)20-16-10/h8,14H,4-7H2,1-3H3,(H,18,19)(H,15,16,17). The summed E-state index contributed by atoms with van der Waals surface area (Å²) < 4.78 is 4.83. The number of aliphatic carboxylic acids is 1. The van der Waals surface area contributed by atoms with Gasteiger partial charge in [0.15, 0.2) is 5.82 Å².